The maximum absolute atomic E-state index is 10.8. The van der Waals surface area contributed by atoms with E-state index in [0.717, 1.165) is 43.0 Å². The van der Waals surface area contributed by atoms with Gasteiger partial charge in [0, 0.05) is 15.9 Å². The average molecular weight is 242 g/mol. The van der Waals surface area contributed by atoms with E-state index in [1.165, 1.54) is 19.3 Å². The predicted molar refractivity (Wildman–Crippen MR) is 66.7 cm³/mol. The molecule has 2 atom stereocenters. The highest BCUT2D eigenvalue weighted by Crippen LogP contribution is 2.49. The Morgan fingerprint density at radius 3 is 2.38 bits per heavy atom. The van der Waals surface area contributed by atoms with Crippen molar-refractivity contribution in [2.45, 2.75) is 61.5 Å². The van der Waals surface area contributed by atoms with Gasteiger partial charge in [-0.1, -0.05) is 13.3 Å². The van der Waals surface area contributed by atoms with Gasteiger partial charge in [0.1, 0.15) is 0 Å². The number of hydrogen-bond acceptors (Lipinski definition) is 3. The van der Waals surface area contributed by atoms with Crippen LogP contribution in [0.3, 0.4) is 0 Å². The number of aliphatic hydroxyl groups is 1. The van der Waals surface area contributed by atoms with E-state index < -0.39 is 0 Å². The molecule has 16 heavy (non-hydrogen) atoms. The lowest BCUT2D eigenvalue weighted by Crippen LogP contribution is -2.51. The Balaban J connectivity index is 1.68. The normalized spacial score (nSPS) is 46.1. The number of hydrogen-bond donors (Lipinski definition) is 1. The summed E-state index contributed by atoms with van der Waals surface area (Å²) < 4.78 is 5.30. The molecular weight excluding hydrogens is 220 g/mol. The molecule has 1 N–H and O–H groups in total. The number of ether oxygens (including phenoxy) is 1. The van der Waals surface area contributed by atoms with Gasteiger partial charge in [0.25, 0.3) is 0 Å². The molecule has 0 aliphatic carbocycles. The zero-order valence-corrected chi connectivity index (χ0v) is 10.9. The van der Waals surface area contributed by atoms with Gasteiger partial charge in [-0.15, -0.1) is 0 Å². The third kappa shape index (κ3) is 2.14. The Morgan fingerprint density at radius 1 is 1.25 bits per heavy atom. The topological polar surface area (TPSA) is 29.5 Å². The largest absolute Gasteiger partial charge is 0.390 e. The molecule has 2 bridgehead atoms. The van der Waals surface area contributed by atoms with Crippen molar-refractivity contribution in [3.05, 3.63) is 0 Å². The summed E-state index contributed by atoms with van der Waals surface area (Å²) in [6.45, 7) is 3.95. The van der Waals surface area contributed by atoms with E-state index in [2.05, 4.69) is 18.7 Å². The van der Waals surface area contributed by atoms with Crippen LogP contribution in [0.5, 0.6) is 0 Å². The Kier molecular flexibility index (Phi) is 2.76. The molecule has 0 aromatic carbocycles. The van der Waals surface area contributed by atoms with Crippen molar-refractivity contribution in [3.8, 4) is 0 Å². The fourth-order valence-corrected chi connectivity index (χ4v) is 5.67. The first-order valence-corrected chi connectivity index (χ1v) is 7.47. The summed E-state index contributed by atoms with van der Waals surface area (Å²) in [5.41, 5.74) is -0.134. The van der Waals surface area contributed by atoms with Crippen LogP contribution < -0.4 is 0 Å². The Hall–Kier alpha value is 0.270. The smallest absolute Gasteiger partial charge is 0.0675 e. The van der Waals surface area contributed by atoms with Gasteiger partial charge in [0.2, 0.25) is 0 Å². The molecule has 0 aromatic rings. The maximum Gasteiger partial charge on any atom is 0.0675 e. The van der Waals surface area contributed by atoms with Gasteiger partial charge in [-0.2, -0.15) is 11.8 Å². The molecule has 3 heteroatoms. The molecule has 3 heterocycles. The molecule has 92 valence electrons. The summed E-state index contributed by atoms with van der Waals surface area (Å²) in [5, 5.41) is 12.3. The zero-order chi connectivity index (χ0) is 11.2. The van der Waals surface area contributed by atoms with Crippen LogP contribution in [0.4, 0.5) is 0 Å². The number of fused-ring (bicyclic) bond motifs is 2. The molecule has 0 spiro atoms. The summed E-state index contributed by atoms with van der Waals surface area (Å²) in [4.78, 5) is 0. The highest BCUT2D eigenvalue weighted by Gasteiger charge is 2.47. The van der Waals surface area contributed by atoms with E-state index in [4.69, 9.17) is 4.74 Å². The van der Waals surface area contributed by atoms with E-state index in [-0.39, 0.29) is 11.0 Å². The first kappa shape index (κ1) is 11.4. The van der Waals surface area contributed by atoms with E-state index >= 15 is 0 Å². The van der Waals surface area contributed by atoms with Crippen molar-refractivity contribution in [2.24, 2.45) is 5.41 Å². The lowest BCUT2D eigenvalue weighted by molar-refractivity contribution is -0.146. The summed E-state index contributed by atoms with van der Waals surface area (Å²) in [7, 11) is 0. The third-order valence-corrected chi connectivity index (χ3v) is 5.88. The summed E-state index contributed by atoms with van der Waals surface area (Å²) in [6.07, 6.45) is 6.99. The lowest BCUT2D eigenvalue weighted by Gasteiger charge is -2.49. The molecule has 0 saturated carbocycles. The molecule has 0 radical (unpaired) electrons. The molecule has 3 aliphatic rings. The summed E-state index contributed by atoms with van der Waals surface area (Å²) >= 11 is 2.14. The maximum atomic E-state index is 10.8. The average Bonchev–Trinajstić information content (AvgIpc) is 2.13. The Labute approximate surface area is 102 Å². The van der Waals surface area contributed by atoms with Gasteiger partial charge >= 0.3 is 0 Å². The van der Waals surface area contributed by atoms with Crippen molar-refractivity contribution < 1.29 is 9.84 Å². The van der Waals surface area contributed by atoms with Crippen molar-refractivity contribution in [1.82, 2.24) is 0 Å². The van der Waals surface area contributed by atoms with Gasteiger partial charge in [-0.05, 0) is 32.1 Å². The minimum absolute atomic E-state index is 0.255. The van der Waals surface area contributed by atoms with Crippen LogP contribution in [-0.2, 0) is 4.74 Å². The molecule has 0 amide bonds. The van der Waals surface area contributed by atoms with Crippen LogP contribution in [-0.4, -0.2) is 34.4 Å². The van der Waals surface area contributed by atoms with Crippen molar-refractivity contribution in [3.63, 3.8) is 0 Å². The lowest BCUT2D eigenvalue weighted by atomic mass is 9.72. The van der Waals surface area contributed by atoms with Gasteiger partial charge < -0.3 is 9.84 Å². The van der Waals surface area contributed by atoms with E-state index in [1.807, 2.05) is 0 Å². The molecule has 2 unspecified atom stereocenters. The standard InChI is InChI=1S/C13H22O2S/c1-12(8-15-9-12)7-13(14)5-10-3-2-4-11(6-13)16-10/h10-11,14H,2-9H2,1H3. The minimum Gasteiger partial charge on any atom is -0.390 e. The van der Waals surface area contributed by atoms with Crippen LogP contribution in [0.15, 0.2) is 0 Å². The van der Waals surface area contributed by atoms with Crippen LogP contribution in [0.2, 0.25) is 0 Å². The van der Waals surface area contributed by atoms with Gasteiger partial charge in [0.15, 0.2) is 0 Å². The van der Waals surface area contributed by atoms with Crippen LogP contribution >= 0.6 is 11.8 Å². The van der Waals surface area contributed by atoms with E-state index in [1.54, 1.807) is 0 Å². The quantitative estimate of drug-likeness (QED) is 0.807. The zero-order valence-electron chi connectivity index (χ0n) is 10.1. The van der Waals surface area contributed by atoms with Gasteiger partial charge in [-0.3, -0.25) is 0 Å². The van der Waals surface area contributed by atoms with Crippen LogP contribution in [0.25, 0.3) is 0 Å². The molecular formula is C13H22O2S. The van der Waals surface area contributed by atoms with Gasteiger partial charge in [-0.25, -0.2) is 0 Å². The van der Waals surface area contributed by atoms with Crippen molar-refractivity contribution in [2.75, 3.05) is 13.2 Å². The summed E-state index contributed by atoms with van der Waals surface area (Å²) in [5.74, 6) is 0. The highest BCUT2D eigenvalue weighted by molar-refractivity contribution is 8.00. The second-order valence-electron chi connectivity index (χ2n) is 6.42. The molecule has 3 saturated heterocycles. The van der Waals surface area contributed by atoms with E-state index in [9.17, 15) is 5.11 Å². The second-order valence-corrected chi connectivity index (χ2v) is 8.03. The third-order valence-electron chi connectivity index (χ3n) is 4.31. The SMILES string of the molecule is CC1(CC2(O)CC3CCCC(C2)S3)COC1. The number of thioether (sulfide) groups is 1. The fraction of sp³-hybridized carbons (Fsp3) is 1.00. The molecule has 3 rings (SSSR count). The molecule has 2 nitrogen and oxygen atoms in total. The van der Waals surface area contributed by atoms with Crippen molar-refractivity contribution >= 4 is 11.8 Å². The first-order chi connectivity index (χ1) is 7.57. The Morgan fingerprint density at radius 2 is 1.88 bits per heavy atom. The van der Waals surface area contributed by atoms with Crippen LogP contribution in [0, 0.1) is 5.41 Å². The minimum atomic E-state index is -0.389. The highest BCUT2D eigenvalue weighted by atomic mass is 32.2. The molecule has 0 aromatic heterocycles. The van der Waals surface area contributed by atoms with Crippen molar-refractivity contribution in [1.29, 1.82) is 0 Å². The predicted octanol–water partition coefficient (Wildman–Crippen LogP) is 2.59. The molecule has 3 fully saturated rings. The molecule has 3 aliphatic heterocycles. The van der Waals surface area contributed by atoms with Crippen LogP contribution in [0.1, 0.15) is 45.4 Å². The van der Waals surface area contributed by atoms with Gasteiger partial charge in [0.05, 0.1) is 18.8 Å². The first-order valence-electron chi connectivity index (χ1n) is 6.53. The number of rotatable bonds is 2. The van der Waals surface area contributed by atoms with E-state index in [0.29, 0.717) is 0 Å². The fourth-order valence-electron chi connectivity index (χ4n) is 3.70. The summed E-state index contributed by atoms with van der Waals surface area (Å²) in [6, 6.07) is 0. The second kappa shape index (κ2) is 3.89. The monoisotopic (exact) mass is 242 g/mol. The Bertz CT molecular complexity index is 263.